The van der Waals surface area contributed by atoms with Crippen LogP contribution in [0.5, 0.6) is 0 Å². The lowest BCUT2D eigenvalue weighted by Crippen LogP contribution is -2.29. The number of aromatic nitrogens is 1. The van der Waals surface area contributed by atoms with Gasteiger partial charge in [0.25, 0.3) is 0 Å². The Hall–Kier alpha value is -3.93. The Labute approximate surface area is 201 Å². The number of anilines is 3. The first kappa shape index (κ1) is 23.2. The highest BCUT2D eigenvalue weighted by Gasteiger charge is 2.14. The molecule has 2 heterocycles. The first-order valence-corrected chi connectivity index (χ1v) is 11.4. The second-order valence-corrected chi connectivity index (χ2v) is 9.40. The number of aryl methyl sites for hydroxylation is 1. The van der Waals surface area contributed by atoms with E-state index in [0.29, 0.717) is 11.5 Å². The Balaban J connectivity index is 1.57. The lowest BCUT2D eigenvalue weighted by molar-refractivity contribution is 0.262. The van der Waals surface area contributed by atoms with E-state index in [1.807, 2.05) is 38.3 Å². The molecule has 6 N–H and O–H groups in total. The van der Waals surface area contributed by atoms with Gasteiger partial charge in [-0.3, -0.25) is 0 Å². The summed E-state index contributed by atoms with van der Waals surface area (Å²) in [6.07, 6.45) is 1.67. The molecule has 2 aromatic carbocycles. The van der Waals surface area contributed by atoms with Crippen LogP contribution in [0.15, 0.2) is 54.0 Å². The van der Waals surface area contributed by atoms with E-state index in [0.717, 1.165) is 32.3 Å². The Morgan fingerprint density at radius 2 is 1.88 bits per heavy atom. The van der Waals surface area contributed by atoms with Gasteiger partial charge in [-0.1, -0.05) is 30.0 Å². The number of nitrogens with two attached hydrogens (primary N) is 2. The van der Waals surface area contributed by atoms with Gasteiger partial charge in [-0.15, -0.1) is 11.3 Å². The standard InChI is InChI=1S/C26H24FN5OS/c1-15-4-9-20(27)21(12-15)32-25(33)31-18-7-5-16(6-8-18)19-14-34-23-17(10-11-26(2,3)29)13-30-24(28)22(19)23/h4-9,12-14H,29H2,1-3H3,(H2,28,30)(H2,31,32,33). The minimum atomic E-state index is -0.617. The molecular weight excluding hydrogens is 449 g/mol. The molecule has 0 saturated carbocycles. The van der Waals surface area contributed by atoms with Gasteiger partial charge in [-0.25, -0.2) is 14.2 Å². The number of pyridine rings is 1. The van der Waals surface area contributed by atoms with Crippen LogP contribution in [0.25, 0.3) is 21.2 Å². The van der Waals surface area contributed by atoms with Crippen molar-refractivity contribution in [2.45, 2.75) is 26.3 Å². The monoisotopic (exact) mass is 473 g/mol. The summed E-state index contributed by atoms with van der Waals surface area (Å²) in [5, 5.41) is 8.09. The Kier molecular flexibility index (Phi) is 6.24. The topological polar surface area (TPSA) is 106 Å². The first-order valence-electron chi connectivity index (χ1n) is 10.5. The number of thiophene rings is 1. The number of rotatable bonds is 3. The maximum atomic E-state index is 13.9. The first-order chi connectivity index (χ1) is 16.1. The molecule has 0 saturated heterocycles. The van der Waals surface area contributed by atoms with Crippen LogP contribution in [-0.4, -0.2) is 16.6 Å². The maximum Gasteiger partial charge on any atom is 0.323 e. The molecule has 0 bridgehead atoms. The van der Waals surface area contributed by atoms with Crippen LogP contribution in [0.3, 0.4) is 0 Å². The van der Waals surface area contributed by atoms with Crippen molar-refractivity contribution >= 4 is 44.6 Å². The lowest BCUT2D eigenvalue weighted by atomic mass is 10.0. The summed E-state index contributed by atoms with van der Waals surface area (Å²) in [5.74, 6) is 6.07. The average molecular weight is 474 g/mol. The van der Waals surface area contributed by atoms with E-state index in [2.05, 4.69) is 27.5 Å². The van der Waals surface area contributed by atoms with Crippen molar-refractivity contribution in [1.29, 1.82) is 0 Å². The number of hydrogen-bond acceptors (Lipinski definition) is 5. The quantitative estimate of drug-likeness (QED) is 0.285. The van der Waals surface area contributed by atoms with Crippen LogP contribution in [0, 0.1) is 24.6 Å². The van der Waals surface area contributed by atoms with Gasteiger partial charge in [0.1, 0.15) is 11.6 Å². The molecule has 0 aliphatic carbocycles. The zero-order chi connectivity index (χ0) is 24.5. The number of urea groups is 1. The van der Waals surface area contributed by atoms with Crippen molar-refractivity contribution < 1.29 is 9.18 Å². The number of amides is 2. The summed E-state index contributed by atoms with van der Waals surface area (Å²) >= 11 is 1.54. The number of halogens is 1. The van der Waals surface area contributed by atoms with E-state index in [9.17, 15) is 9.18 Å². The minimum Gasteiger partial charge on any atom is -0.383 e. The molecule has 0 aliphatic heterocycles. The van der Waals surface area contributed by atoms with Gasteiger partial charge in [0.15, 0.2) is 0 Å². The molecule has 172 valence electrons. The number of benzene rings is 2. The fraction of sp³-hybridized carbons (Fsp3) is 0.154. The molecule has 6 nitrogen and oxygen atoms in total. The highest BCUT2D eigenvalue weighted by atomic mass is 32.1. The fourth-order valence-corrected chi connectivity index (χ4v) is 4.40. The van der Waals surface area contributed by atoms with E-state index in [1.165, 1.54) is 6.07 Å². The number of nitrogens with zero attached hydrogens (tertiary/aromatic N) is 1. The zero-order valence-corrected chi connectivity index (χ0v) is 19.8. The normalized spacial score (nSPS) is 11.1. The van der Waals surface area contributed by atoms with E-state index < -0.39 is 17.4 Å². The fourth-order valence-electron chi connectivity index (χ4n) is 3.35. The summed E-state index contributed by atoms with van der Waals surface area (Å²) in [4.78, 5) is 16.6. The molecule has 34 heavy (non-hydrogen) atoms. The number of nitrogens with one attached hydrogen (secondary N) is 2. The molecule has 4 aromatic rings. The average Bonchev–Trinajstić information content (AvgIpc) is 3.22. The van der Waals surface area contributed by atoms with Crippen LogP contribution in [0.4, 0.5) is 26.4 Å². The number of hydrogen-bond donors (Lipinski definition) is 4. The van der Waals surface area contributed by atoms with Gasteiger partial charge >= 0.3 is 6.03 Å². The third-order valence-corrected chi connectivity index (χ3v) is 5.98. The number of carbonyl (C=O) groups is 1. The van der Waals surface area contributed by atoms with Crippen molar-refractivity contribution in [3.63, 3.8) is 0 Å². The number of fused-ring (bicyclic) bond motifs is 1. The number of carbonyl (C=O) groups excluding carboxylic acids is 1. The predicted octanol–water partition coefficient (Wildman–Crippen LogP) is 5.73. The molecule has 0 fully saturated rings. The summed E-state index contributed by atoms with van der Waals surface area (Å²) in [6.45, 7) is 5.51. The van der Waals surface area contributed by atoms with Crippen LogP contribution in [-0.2, 0) is 0 Å². The summed E-state index contributed by atoms with van der Waals surface area (Å²) in [7, 11) is 0. The summed E-state index contributed by atoms with van der Waals surface area (Å²) in [6, 6.07) is 11.3. The van der Waals surface area contributed by atoms with Crippen LogP contribution in [0.1, 0.15) is 25.0 Å². The zero-order valence-electron chi connectivity index (χ0n) is 19.0. The minimum absolute atomic E-state index is 0.124. The van der Waals surface area contributed by atoms with E-state index >= 15 is 0 Å². The molecule has 0 spiro atoms. The van der Waals surface area contributed by atoms with E-state index in [1.54, 1.807) is 41.8 Å². The van der Waals surface area contributed by atoms with Crippen molar-refractivity contribution in [2.24, 2.45) is 5.73 Å². The second kappa shape index (κ2) is 9.14. The van der Waals surface area contributed by atoms with Gasteiger partial charge < -0.3 is 22.1 Å². The van der Waals surface area contributed by atoms with E-state index in [-0.39, 0.29) is 5.69 Å². The Morgan fingerprint density at radius 3 is 2.59 bits per heavy atom. The second-order valence-electron chi connectivity index (χ2n) is 8.52. The van der Waals surface area contributed by atoms with Gasteiger partial charge in [-0.05, 0) is 61.5 Å². The molecule has 0 unspecified atom stereocenters. The predicted molar refractivity (Wildman–Crippen MR) is 138 cm³/mol. The van der Waals surface area contributed by atoms with Crippen molar-refractivity contribution in [3.05, 3.63) is 71.0 Å². The Morgan fingerprint density at radius 1 is 1.15 bits per heavy atom. The molecule has 0 radical (unpaired) electrons. The maximum absolute atomic E-state index is 13.9. The van der Waals surface area contributed by atoms with Crippen LogP contribution < -0.4 is 22.1 Å². The third kappa shape index (κ3) is 5.17. The lowest BCUT2D eigenvalue weighted by Gasteiger charge is -2.10. The molecule has 0 atom stereocenters. The van der Waals surface area contributed by atoms with E-state index in [4.69, 9.17) is 11.5 Å². The molecular formula is C26H24FN5OS. The SMILES string of the molecule is Cc1ccc(F)c(NC(=O)Nc2ccc(-c3csc4c(C#CC(C)(C)N)cnc(N)c34)cc2)c1. The smallest absolute Gasteiger partial charge is 0.323 e. The van der Waals surface area contributed by atoms with Gasteiger partial charge in [-0.2, -0.15) is 0 Å². The van der Waals surface area contributed by atoms with Gasteiger partial charge in [0, 0.05) is 22.8 Å². The molecule has 8 heteroatoms. The molecule has 2 aromatic heterocycles. The largest absolute Gasteiger partial charge is 0.383 e. The third-order valence-electron chi connectivity index (χ3n) is 4.97. The van der Waals surface area contributed by atoms with Crippen LogP contribution in [0.2, 0.25) is 0 Å². The summed E-state index contributed by atoms with van der Waals surface area (Å²) < 4.78 is 14.8. The van der Waals surface area contributed by atoms with Gasteiger partial charge in [0.2, 0.25) is 0 Å². The van der Waals surface area contributed by atoms with Crippen molar-refractivity contribution in [3.8, 4) is 23.0 Å². The highest BCUT2D eigenvalue weighted by molar-refractivity contribution is 7.18. The van der Waals surface area contributed by atoms with Crippen molar-refractivity contribution in [1.82, 2.24) is 4.98 Å². The molecule has 4 rings (SSSR count). The molecule has 0 aliphatic rings. The van der Waals surface area contributed by atoms with Crippen LogP contribution >= 0.6 is 11.3 Å². The van der Waals surface area contributed by atoms with Crippen molar-refractivity contribution in [2.75, 3.05) is 16.4 Å². The van der Waals surface area contributed by atoms with Gasteiger partial charge in [0.05, 0.1) is 21.5 Å². The summed E-state index contributed by atoms with van der Waals surface area (Å²) in [5.41, 5.74) is 15.7. The Bertz CT molecular complexity index is 1440. The highest BCUT2D eigenvalue weighted by Crippen LogP contribution is 2.38. The molecule has 2 amide bonds. The number of nitrogen functional groups attached to an aromatic ring is 1.